The molecule has 22 heavy (non-hydrogen) atoms. The number of nitrogens with one attached hydrogen (secondary N) is 2. The maximum Gasteiger partial charge on any atom is 0.0638 e. The van der Waals surface area contributed by atoms with Crippen LogP contribution in [0.1, 0.15) is 44.9 Å². The Labute approximate surface area is 147 Å². The maximum absolute atomic E-state index is 7.52. The zero-order valence-electron chi connectivity index (χ0n) is 12.9. The monoisotopic (exact) mass is 409 g/mol. The van der Waals surface area contributed by atoms with Crippen LogP contribution in [0.3, 0.4) is 0 Å². The molecule has 0 aromatic carbocycles. The largest absolute Gasteiger partial charge is 0.311 e. The summed E-state index contributed by atoms with van der Waals surface area (Å²) in [4.78, 5) is 0. The van der Waals surface area contributed by atoms with Crippen LogP contribution in [0.25, 0.3) is 0 Å². The molecule has 0 aromatic heterocycles. The number of allylic oxidation sites excluding steroid dienone is 4. The van der Waals surface area contributed by atoms with Crippen molar-refractivity contribution >= 4 is 35.3 Å². The lowest BCUT2D eigenvalue weighted by atomic mass is 9.81. The predicted octanol–water partition coefficient (Wildman–Crippen LogP) is 5.05. The van der Waals surface area contributed by atoms with Gasteiger partial charge in [-0.3, -0.25) is 0 Å². The number of rotatable bonds is 4. The maximum atomic E-state index is 7.52. The number of nitrogens with zero attached hydrogens (tertiary/aromatic N) is 1. The summed E-state index contributed by atoms with van der Waals surface area (Å²) < 4.78 is 2.46. The molecule has 118 valence electrons. The second-order valence-corrected chi connectivity index (χ2v) is 7.56. The van der Waals surface area contributed by atoms with E-state index in [4.69, 9.17) is 10.8 Å². The Morgan fingerprint density at radius 2 is 1.86 bits per heavy atom. The molecule has 0 amide bonds. The summed E-state index contributed by atoms with van der Waals surface area (Å²) in [5.41, 5.74) is 3.60. The smallest absolute Gasteiger partial charge is 0.0638 e. The first kappa shape index (κ1) is 16.0. The number of hydrogen-bond acceptors (Lipinski definition) is 3. The van der Waals surface area contributed by atoms with Gasteiger partial charge in [-0.15, -0.1) is 0 Å². The topological polar surface area (TPSA) is 50.9 Å². The molecule has 2 unspecified atom stereocenters. The van der Waals surface area contributed by atoms with Crippen LogP contribution in [0.5, 0.6) is 0 Å². The van der Waals surface area contributed by atoms with Crippen LogP contribution in [0, 0.1) is 22.7 Å². The van der Waals surface area contributed by atoms with Gasteiger partial charge in [0.25, 0.3) is 0 Å². The van der Waals surface area contributed by atoms with Gasteiger partial charge in [0.15, 0.2) is 0 Å². The Hall–Kier alpha value is -0.910. The molecule has 3 aliphatic rings. The van der Waals surface area contributed by atoms with E-state index in [1.165, 1.54) is 62.2 Å². The van der Waals surface area contributed by atoms with Crippen LogP contribution in [0.15, 0.2) is 35.1 Å². The van der Waals surface area contributed by atoms with Gasteiger partial charge in [0, 0.05) is 29.6 Å². The van der Waals surface area contributed by atoms with Crippen molar-refractivity contribution in [2.45, 2.75) is 51.0 Å². The van der Waals surface area contributed by atoms with Crippen molar-refractivity contribution in [1.82, 2.24) is 3.11 Å². The van der Waals surface area contributed by atoms with Crippen molar-refractivity contribution in [2.75, 3.05) is 0 Å². The molecule has 1 heterocycles. The Kier molecular flexibility index (Phi) is 5.16. The van der Waals surface area contributed by atoms with E-state index in [-0.39, 0.29) is 0 Å². The molecule has 0 aromatic rings. The van der Waals surface area contributed by atoms with Gasteiger partial charge in [0.05, 0.1) is 28.9 Å². The molecule has 4 heteroatoms. The van der Waals surface area contributed by atoms with E-state index in [2.05, 4.69) is 44.2 Å². The van der Waals surface area contributed by atoms with Crippen molar-refractivity contribution in [2.24, 2.45) is 11.8 Å². The minimum Gasteiger partial charge on any atom is -0.311 e. The fraction of sp³-hybridized carbons (Fsp3) is 0.556. The van der Waals surface area contributed by atoms with Crippen LogP contribution >= 0.6 is 22.9 Å². The quantitative estimate of drug-likeness (QED) is 0.291. The summed E-state index contributed by atoms with van der Waals surface area (Å²) in [6.45, 7) is 0. The first-order chi connectivity index (χ1) is 10.8. The summed E-state index contributed by atoms with van der Waals surface area (Å²) in [7, 11) is 0. The third-order valence-electron chi connectivity index (χ3n) is 5.22. The van der Waals surface area contributed by atoms with Crippen LogP contribution in [-0.4, -0.2) is 21.6 Å². The molecule has 3 nitrogen and oxygen atoms in total. The molecule has 3 rings (SSSR count). The zero-order chi connectivity index (χ0) is 15.5. The number of halogens is 1. The van der Waals surface area contributed by atoms with Gasteiger partial charge in [0.1, 0.15) is 0 Å². The predicted molar refractivity (Wildman–Crippen MR) is 101 cm³/mol. The SMILES string of the molecule is N=CC(C=N)=CC1=C(C2CCCCC2)N(I)C2C=CCCC12. The normalized spacial score (nSPS) is 28.5. The van der Waals surface area contributed by atoms with Crippen LogP contribution in [0.2, 0.25) is 0 Å². The first-order valence-electron chi connectivity index (χ1n) is 8.34. The highest BCUT2D eigenvalue weighted by atomic mass is 127. The van der Waals surface area contributed by atoms with E-state index in [0.717, 1.165) is 6.42 Å². The number of hydrogen-bond donors (Lipinski definition) is 2. The molecule has 2 atom stereocenters. The minimum atomic E-state index is 0.468. The van der Waals surface area contributed by atoms with Gasteiger partial charge in [0.2, 0.25) is 0 Å². The molecule has 0 spiro atoms. The van der Waals surface area contributed by atoms with E-state index in [1.807, 2.05) is 0 Å². The molecular formula is C18H24IN3. The standard InChI is InChI=1S/C18H24IN3/c19-22-17-9-5-4-8-15(17)16(10-13(11-20)12-21)18(22)14-6-2-1-3-7-14/h5,9-12,14-15,17,20-21H,1-4,6-8H2. The Bertz CT molecular complexity index is 531. The van der Waals surface area contributed by atoms with Crippen molar-refractivity contribution in [3.63, 3.8) is 0 Å². The summed E-state index contributed by atoms with van der Waals surface area (Å²) in [5.74, 6) is 1.20. The molecule has 1 saturated carbocycles. The fourth-order valence-corrected chi connectivity index (χ4v) is 5.38. The lowest BCUT2D eigenvalue weighted by Crippen LogP contribution is -2.28. The minimum absolute atomic E-state index is 0.468. The lowest BCUT2D eigenvalue weighted by Gasteiger charge is -2.31. The van der Waals surface area contributed by atoms with Crippen molar-refractivity contribution < 1.29 is 0 Å². The van der Waals surface area contributed by atoms with Crippen LogP contribution in [-0.2, 0) is 0 Å². The van der Waals surface area contributed by atoms with E-state index < -0.39 is 0 Å². The molecular weight excluding hydrogens is 385 g/mol. The van der Waals surface area contributed by atoms with Crippen LogP contribution < -0.4 is 0 Å². The highest BCUT2D eigenvalue weighted by Gasteiger charge is 2.41. The van der Waals surface area contributed by atoms with E-state index in [0.29, 0.717) is 23.5 Å². The van der Waals surface area contributed by atoms with E-state index in [1.54, 1.807) is 0 Å². The van der Waals surface area contributed by atoms with Crippen molar-refractivity contribution in [3.8, 4) is 0 Å². The molecule has 1 aliphatic heterocycles. The highest BCUT2D eigenvalue weighted by molar-refractivity contribution is 14.1. The average Bonchev–Trinajstić information content (AvgIpc) is 2.86. The summed E-state index contributed by atoms with van der Waals surface area (Å²) in [6, 6.07) is 0.468. The van der Waals surface area contributed by atoms with E-state index >= 15 is 0 Å². The fourth-order valence-electron chi connectivity index (χ4n) is 4.13. The van der Waals surface area contributed by atoms with Gasteiger partial charge < -0.3 is 13.9 Å². The zero-order valence-corrected chi connectivity index (χ0v) is 15.1. The molecule has 2 N–H and O–H groups in total. The van der Waals surface area contributed by atoms with Crippen molar-refractivity contribution in [1.29, 1.82) is 10.8 Å². The second-order valence-electron chi connectivity index (χ2n) is 6.52. The molecule has 0 saturated heterocycles. The lowest BCUT2D eigenvalue weighted by molar-refractivity contribution is 0.347. The summed E-state index contributed by atoms with van der Waals surface area (Å²) in [6.07, 6.45) is 18.4. The Morgan fingerprint density at radius 1 is 1.14 bits per heavy atom. The number of fused-ring (bicyclic) bond motifs is 1. The summed E-state index contributed by atoms with van der Waals surface area (Å²) >= 11 is 2.50. The first-order valence-corrected chi connectivity index (χ1v) is 9.31. The third-order valence-corrected chi connectivity index (χ3v) is 6.39. The van der Waals surface area contributed by atoms with Gasteiger partial charge in [-0.1, -0.05) is 31.4 Å². The third kappa shape index (κ3) is 2.94. The van der Waals surface area contributed by atoms with Gasteiger partial charge >= 0.3 is 0 Å². The molecule has 0 radical (unpaired) electrons. The summed E-state index contributed by atoms with van der Waals surface area (Å²) in [5, 5.41) is 15.0. The Balaban J connectivity index is 2.03. The van der Waals surface area contributed by atoms with Crippen molar-refractivity contribution in [3.05, 3.63) is 35.1 Å². The van der Waals surface area contributed by atoms with Gasteiger partial charge in [-0.05, 0) is 43.3 Å². The molecule has 2 aliphatic carbocycles. The second kappa shape index (κ2) is 7.11. The van der Waals surface area contributed by atoms with Gasteiger partial charge in [-0.25, -0.2) is 0 Å². The van der Waals surface area contributed by atoms with Gasteiger partial charge in [-0.2, -0.15) is 0 Å². The molecule has 1 fully saturated rings. The van der Waals surface area contributed by atoms with Crippen LogP contribution in [0.4, 0.5) is 0 Å². The van der Waals surface area contributed by atoms with E-state index in [9.17, 15) is 0 Å². The highest BCUT2D eigenvalue weighted by Crippen LogP contribution is 2.48. The average molecular weight is 409 g/mol. The molecule has 0 bridgehead atoms. The Morgan fingerprint density at radius 3 is 2.55 bits per heavy atom.